The smallest absolute Gasteiger partial charge is 0.158 e. The van der Waals surface area contributed by atoms with Gasteiger partial charge in [0.2, 0.25) is 0 Å². The number of benzene rings is 1. The Hall–Kier alpha value is -1.22. The van der Waals surface area contributed by atoms with Crippen molar-refractivity contribution in [1.29, 1.82) is 0 Å². The lowest BCUT2D eigenvalue weighted by Gasteiger charge is -2.06. The molecule has 0 fully saturated rings. The molecule has 1 N–H and O–H groups in total. The molecule has 74 valence electrons. The van der Waals surface area contributed by atoms with Gasteiger partial charge in [0.25, 0.3) is 0 Å². The SMILES string of the molecule is CC(C)n1nc(Cl)c2ccc(O)cc21. The first-order valence-electron chi connectivity index (χ1n) is 4.46. The van der Waals surface area contributed by atoms with Gasteiger partial charge in [-0.2, -0.15) is 5.10 Å². The molecular weight excluding hydrogens is 200 g/mol. The van der Waals surface area contributed by atoms with Gasteiger partial charge < -0.3 is 5.11 Å². The zero-order chi connectivity index (χ0) is 10.3. The monoisotopic (exact) mass is 210 g/mol. The number of fused-ring (bicyclic) bond motifs is 1. The van der Waals surface area contributed by atoms with Crippen LogP contribution in [0.5, 0.6) is 5.75 Å². The van der Waals surface area contributed by atoms with E-state index in [9.17, 15) is 5.11 Å². The Morgan fingerprint density at radius 1 is 1.43 bits per heavy atom. The quantitative estimate of drug-likeness (QED) is 0.786. The molecule has 0 unspecified atom stereocenters. The van der Waals surface area contributed by atoms with Crippen LogP contribution in [0.3, 0.4) is 0 Å². The minimum atomic E-state index is 0.229. The van der Waals surface area contributed by atoms with Gasteiger partial charge in [-0.3, -0.25) is 4.68 Å². The molecule has 4 heteroatoms. The second-order valence-corrected chi connectivity index (χ2v) is 3.89. The minimum Gasteiger partial charge on any atom is -0.508 e. The molecule has 14 heavy (non-hydrogen) atoms. The van der Waals surface area contributed by atoms with Gasteiger partial charge >= 0.3 is 0 Å². The molecule has 0 saturated carbocycles. The van der Waals surface area contributed by atoms with E-state index in [0.717, 1.165) is 10.9 Å². The first-order chi connectivity index (χ1) is 6.59. The maximum absolute atomic E-state index is 9.36. The van der Waals surface area contributed by atoms with E-state index in [1.54, 1.807) is 22.9 Å². The molecule has 0 amide bonds. The fraction of sp³-hybridized carbons (Fsp3) is 0.300. The third-order valence-corrected chi connectivity index (χ3v) is 2.41. The minimum absolute atomic E-state index is 0.229. The summed E-state index contributed by atoms with van der Waals surface area (Å²) in [7, 11) is 0. The average molecular weight is 211 g/mol. The summed E-state index contributed by atoms with van der Waals surface area (Å²) in [5.41, 5.74) is 0.866. The van der Waals surface area contributed by atoms with Gasteiger partial charge in [0, 0.05) is 17.5 Å². The number of halogens is 1. The maximum atomic E-state index is 9.36. The van der Waals surface area contributed by atoms with Crippen LogP contribution in [-0.4, -0.2) is 14.9 Å². The van der Waals surface area contributed by atoms with Gasteiger partial charge in [0.05, 0.1) is 5.52 Å². The summed E-state index contributed by atoms with van der Waals surface area (Å²) in [6, 6.07) is 5.29. The highest BCUT2D eigenvalue weighted by atomic mass is 35.5. The molecule has 2 aromatic rings. The van der Waals surface area contributed by atoms with E-state index in [4.69, 9.17) is 11.6 Å². The van der Waals surface area contributed by atoms with E-state index >= 15 is 0 Å². The summed E-state index contributed by atoms with van der Waals surface area (Å²) >= 11 is 5.96. The molecule has 3 nitrogen and oxygen atoms in total. The number of hydrogen-bond acceptors (Lipinski definition) is 2. The molecule has 1 aromatic heterocycles. The number of phenols is 1. The lowest BCUT2D eigenvalue weighted by molar-refractivity contribution is 0.475. The largest absolute Gasteiger partial charge is 0.508 e. The van der Waals surface area contributed by atoms with Crippen molar-refractivity contribution in [2.24, 2.45) is 0 Å². The fourth-order valence-electron chi connectivity index (χ4n) is 1.48. The molecule has 2 rings (SSSR count). The highest BCUT2D eigenvalue weighted by molar-refractivity contribution is 6.34. The van der Waals surface area contributed by atoms with Crippen molar-refractivity contribution >= 4 is 22.5 Å². The van der Waals surface area contributed by atoms with Crippen LogP contribution in [-0.2, 0) is 0 Å². The Morgan fingerprint density at radius 3 is 2.79 bits per heavy atom. The van der Waals surface area contributed by atoms with Gasteiger partial charge in [-0.1, -0.05) is 11.6 Å². The normalized spacial score (nSPS) is 11.4. The molecule has 0 spiro atoms. The Morgan fingerprint density at radius 2 is 2.14 bits per heavy atom. The topological polar surface area (TPSA) is 38.0 Å². The zero-order valence-corrected chi connectivity index (χ0v) is 8.78. The molecule has 0 bridgehead atoms. The van der Waals surface area contributed by atoms with E-state index in [0.29, 0.717) is 5.15 Å². The first-order valence-corrected chi connectivity index (χ1v) is 4.84. The standard InChI is InChI=1S/C10H11ClN2O/c1-6(2)13-9-5-7(14)3-4-8(9)10(11)12-13/h3-6,14H,1-2H3. The summed E-state index contributed by atoms with van der Waals surface area (Å²) in [5, 5.41) is 14.9. The van der Waals surface area contributed by atoms with Crippen LogP contribution in [0.4, 0.5) is 0 Å². The molecular formula is C10H11ClN2O. The highest BCUT2D eigenvalue weighted by Gasteiger charge is 2.10. The van der Waals surface area contributed by atoms with Gasteiger partial charge in [-0.05, 0) is 26.0 Å². The van der Waals surface area contributed by atoms with Gasteiger partial charge in [-0.25, -0.2) is 0 Å². The van der Waals surface area contributed by atoms with Crippen LogP contribution in [0.25, 0.3) is 10.9 Å². The number of aromatic hydroxyl groups is 1. The molecule has 0 aliphatic rings. The van der Waals surface area contributed by atoms with Crippen molar-refractivity contribution < 1.29 is 5.11 Å². The zero-order valence-electron chi connectivity index (χ0n) is 8.03. The summed E-state index contributed by atoms with van der Waals surface area (Å²) in [6.45, 7) is 4.04. The third kappa shape index (κ3) is 1.34. The number of nitrogens with zero attached hydrogens (tertiary/aromatic N) is 2. The van der Waals surface area contributed by atoms with Gasteiger partial charge in [0.1, 0.15) is 5.75 Å². The predicted molar refractivity (Wildman–Crippen MR) is 56.8 cm³/mol. The van der Waals surface area contributed by atoms with Crippen molar-refractivity contribution in [1.82, 2.24) is 9.78 Å². The Bertz CT molecular complexity index is 476. The van der Waals surface area contributed by atoms with E-state index < -0.39 is 0 Å². The van der Waals surface area contributed by atoms with Gasteiger partial charge in [0.15, 0.2) is 5.15 Å². The molecule has 0 atom stereocenters. The number of aromatic nitrogens is 2. The van der Waals surface area contributed by atoms with Crippen molar-refractivity contribution in [3.8, 4) is 5.75 Å². The van der Waals surface area contributed by atoms with E-state index in [-0.39, 0.29) is 11.8 Å². The van der Waals surface area contributed by atoms with Crippen molar-refractivity contribution in [3.05, 3.63) is 23.4 Å². The first kappa shape index (κ1) is 9.34. The van der Waals surface area contributed by atoms with Crippen molar-refractivity contribution in [2.75, 3.05) is 0 Å². The Kier molecular flexibility index (Phi) is 2.11. The van der Waals surface area contributed by atoms with Crippen LogP contribution < -0.4 is 0 Å². The van der Waals surface area contributed by atoms with Crippen LogP contribution in [0.2, 0.25) is 5.15 Å². The number of hydrogen-bond donors (Lipinski definition) is 1. The maximum Gasteiger partial charge on any atom is 0.158 e. The van der Waals surface area contributed by atoms with Crippen molar-refractivity contribution in [2.45, 2.75) is 19.9 Å². The summed E-state index contributed by atoms with van der Waals surface area (Å²) in [6.07, 6.45) is 0. The Labute approximate surface area is 86.9 Å². The lowest BCUT2D eigenvalue weighted by atomic mass is 10.2. The number of phenolic OH excluding ortho intramolecular Hbond substituents is 1. The van der Waals surface area contributed by atoms with Crippen LogP contribution in [0, 0.1) is 0 Å². The second kappa shape index (κ2) is 3.17. The predicted octanol–water partition coefficient (Wildman–Crippen LogP) is 2.98. The van der Waals surface area contributed by atoms with Crippen LogP contribution in [0.1, 0.15) is 19.9 Å². The molecule has 0 aliphatic heterocycles. The highest BCUT2D eigenvalue weighted by Crippen LogP contribution is 2.27. The summed E-state index contributed by atoms with van der Waals surface area (Å²) in [5.74, 6) is 0.232. The molecule has 0 aliphatic carbocycles. The fourth-order valence-corrected chi connectivity index (χ4v) is 1.72. The van der Waals surface area contributed by atoms with E-state index in [1.165, 1.54) is 0 Å². The van der Waals surface area contributed by atoms with Crippen LogP contribution in [0.15, 0.2) is 18.2 Å². The number of rotatable bonds is 1. The summed E-state index contributed by atoms with van der Waals surface area (Å²) < 4.78 is 1.80. The van der Waals surface area contributed by atoms with E-state index in [2.05, 4.69) is 5.10 Å². The molecule has 1 aromatic carbocycles. The molecule has 0 radical (unpaired) electrons. The molecule has 0 saturated heterocycles. The van der Waals surface area contributed by atoms with E-state index in [1.807, 2.05) is 13.8 Å². The van der Waals surface area contributed by atoms with Gasteiger partial charge in [-0.15, -0.1) is 0 Å². The van der Waals surface area contributed by atoms with Crippen molar-refractivity contribution in [3.63, 3.8) is 0 Å². The lowest BCUT2D eigenvalue weighted by Crippen LogP contribution is -2.01. The Balaban J connectivity index is 2.79. The van der Waals surface area contributed by atoms with Crippen LogP contribution >= 0.6 is 11.6 Å². The average Bonchev–Trinajstić information content (AvgIpc) is 2.43. The molecule has 1 heterocycles. The second-order valence-electron chi connectivity index (χ2n) is 3.53. The third-order valence-electron chi connectivity index (χ3n) is 2.14. The summed E-state index contributed by atoms with van der Waals surface area (Å²) in [4.78, 5) is 0.